The SMILES string of the molecule is C=C1CC(c2ccccc2)NC(=O)Nc2cc(C=N)c(Nc3ccnc(C)c3)c(n2)CN=NN1. The Bertz CT molecular complexity index is 1240. The summed E-state index contributed by atoms with van der Waals surface area (Å²) < 4.78 is 0. The molecule has 2 aromatic heterocycles. The highest BCUT2D eigenvalue weighted by Crippen LogP contribution is 2.27. The fourth-order valence-electron chi connectivity index (χ4n) is 3.57. The number of nitrogens with one attached hydrogen (secondary N) is 5. The molecule has 10 heteroatoms. The van der Waals surface area contributed by atoms with Crippen molar-refractivity contribution in [1.82, 2.24) is 20.7 Å². The summed E-state index contributed by atoms with van der Waals surface area (Å²) in [6.07, 6.45) is 3.32. The van der Waals surface area contributed by atoms with Crippen LogP contribution in [0.5, 0.6) is 0 Å². The maximum atomic E-state index is 12.9. The molecule has 4 rings (SSSR count). The number of urea groups is 1. The van der Waals surface area contributed by atoms with Gasteiger partial charge in [0, 0.05) is 41.5 Å². The first-order valence-corrected chi connectivity index (χ1v) is 10.7. The quantitative estimate of drug-likeness (QED) is 0.361. The van der Waals surface area contributed by atoms with Crippen LogP contribution in [0.3, 0.4) is 0 Å². The highest BCUT2D eigenvalue weighted by atomic mass is 16.2. The Balaban J connectivity index is 1.69. The van der Waals surface area contributed by atoms with Gasteiger partial charge in [0.15, 0.2) is 0 Å². The summed E-state index contributed by atoms with van der Waals surface area (Å²) in [6, 6.07) is 14.2. The smallest absolute Gasteiger partial charge is 0.320 e. The van der Waals surface area contributed by atoms with Crippen LogP contribution in [-0.2, 0) is 6.54 Å². The Morgan fingerprint density at radius 2 is 2.03 bits per heavy atom. The fraction of sp³-hybridized carbons (Fsp3) is 0.167. The van der Waals surface area contributed by atoms with Crippen LogP contribution in [0.25, 0.3) is 0 Å². The minimum atomic E-state index is -0.422. The first-order valence-electron chi connectivity index (χ1n) is 10.7. The Hall–Kier alpha value is -4.60. The molecular formula is C24H25N9O. The number of aryl methyl sites for hydroxylation is 1. The Morgan fingerprint density at radius 1 is 1.21 bits per heavy atom. The van der Waals surface area contributed by atoms with Crippen LogP contribution < -0.4 is 21.4 Å². The van der Waals surface area contributed by atoms with Crippen molar-refractivity contribution in [1.29, 1.82) is 5.41 Å². The first kappa shape index (κ1) is 22.6. The lowest BCUT2D eigenvalue weighted by atomic mass is 10.0. The van der Waals surface area contributed by atoms with E-state index in [4.69, 9.17) is 5.41 Å². The molecule has 2 bridgehead atoms. The van der Waals surface area contributed by atoms with Crippen molar-refractivity contribution in [3.63, 3.8) is 0 Å². The summed E-state index contributed by atoms with van der Waals surface area (Å²) in [5, 5.41) is 25.2. The first-order chi connectivity index (χ1) is 16.5. The molecule has 3 heterocycles. The largest absolute Gasteiger partial charge is 0.353 e. The van der Waals surface area contributed by atoms with Crippen molar-refractivity contribution in [3.05, 3.63) is 89.5 Å². The van der Waals surface area contributed by atoms with Gasteiger partial charge in [-0.3, -0.25) is 15.7 Å². The molecule has 0 radical (unpaired) electrons. The molecule has 172 valence electrons. The van der Waals surface area contributed by atoms with Crippen LogP contribution in [0.15, 0.2) is 77.3 Å². The molecule has 0 aliphatic carbocycles. The van der Waals surface area contributed by atoms with E-state index in [1.807, 2.05) is 49.4 Å². The van der Waals surface area contributed by atoms with Gasteiger partial charge in [0.05, 0.1) is 17.4 Å². The maximum absolute atomic E-state index is 12.9. The van der Waals surface area contributed by atoms with Crippen LogP contribution in [-0.4, -0.2) is 22.2 Å². The normalized spacial score (nSPS) is 16.1. The maximum Gasteiger partial charge on any atom is 0.320 e. The number of anilines is 3. The standard InChI is InChI=1S/C24H25N9O/c1-15-10-19(8-9-26-15)28-23-18(13-25)12-22-29-21(23)14-27-33-32-16(2)11-20(30-24(34)31-22)17-6-4-3-5-7-17/h3-10,12-13,20,25H,2,11,14H2,1H3,(H,26,28)(H,27,32)(H2,29,30,31,34). The molecule has 1 atom stereocenters. The van der Waals surface area contributed by atoms with Crippen LogP contribution in [0.4, 0.5) is 22.0 Å². The zero-order valence-electron chi connectivity index (χ0n) is 18.7. The summed E-state index contributed by atoms with van der Waals surface area (Å²) >= 11 is 0. The third-order valence-corrected chi connectivity index (χ3v) is 5.15. The number of benzene rings is 1. The molecule has 3 aromatic rings. The van der Waals surface area contributed by atoms with Crippen molar-refractivity contribution < 1.29 is 4.79 Å². The van der Waals surface area contributed by atoms with Gasteiger partial charge in [0.1, 0.15) is 12.4 Å². The van der Waals surface area contributed by atoms with E-state index in [0.717, 1.165) is 16.9 Å². The molecule has 1 aliphatic rings. The zero-order valence-corrected chi connectivity index (χ0v) is 18.7. The molecule has 0 saturated carbocycles. The number of rotatable bonds is 4. The van der Waals surface area contributed by atoms with Crippen molar-refractivity contribution >= 4 is 29.4 Å². The van der Waals surface area contributed by atoms with Crippen LogP contribution >= 0.6 is 0 Å². The summed E-state index contributed by atoms with van der Waals surface area (Å²) in [4.78, 5) is 21.6. The second-order valence-corrected chi connectivity index (χ2v) is 7.75. The highest BCUT2D eigenvalue weighted by molar-refractivity contribution is 5.93. The summed E-state index contributed by atoms with van der Waals surface area (Å²) in [5.74, 6) is 0.301. The van der Waals surface area contributed by atoms with Gasteiger partial charge in [-0.2, -0.15) is 5.11 Å². The summed E-state index contributed by atoms with van der Waals surface area (Å²) in [7, 11) is 0. The Labute approximate surface area is 197 Å². The van der Waals surface area contributed by atoms with E-state index in [1.165, 1.54) is 6.21 Å². The van der Waals surface area contributed by atoms with Crippen molar-refractivity contribution in [2.45, 2.75) is 25.9 Å². The zero-order chi connectivity index (χ0) is 23.9. The minimum absolute atomic E-state index is 0.118. The Kier molecular flexibility index (Phi) is 6.87. The number of carbonyl (C=O) groups is 1. The van der Waals surface area contributed by atoms with E-state index in [-0.39, 0.29) is 12.6 Å². The van der Waals surface area contributed by atoms with Crippen LogP contribution in [0.1, 0.15) is 35.0 Å². The predicted molar refractivity (Wildman–Crippen MR) is 131 cm³/mol. The van der Waals surface area contributed by atoms with Gasteiger partial charge in [-0.1, -0.05) is 42.1 Å². The van der Waals surface area contributed by atoms with Gasteiger partial charge in [-0.15, -0.1) is 0 Å². The minimum Gasteiger partial charge on any atom is -0.353 e. The molecule has 1 aliphatic heterocycles. The second-order valence-electron chi connectivity index (χ2n) is 7.75. The van der Waals surface area contributed by atoms with Gasteiger partial charge in [-0.25, -0.2) is 9.78 Å². The van der Waals surface area contributed by atoms with Gasteiger partial charge < -0.3 is 16.0 Å². The molecule has 1 aromatic carbocycles. The third-order valence-electron chi connectivity index (χ3n) is 5.15. The molecule has 34 heavy (non-hydrogen) atoms. The van der Waals surface area contributed by atoms with Gasteiger partial charge in [0.25, 0.3) is 0 Å². The number of hydrogen-bond acceptors (Lipinski definition) is 8. The average Bonchev–Trinajstić information content (AvgIpc) is 2.83. The number of carbonyl (C=O) groups excluding carboxylic acids is 1. The number of aromatic nitrogens is 2. The van der Waals surface area contributed by atoms with Gasteiger partial charge in [0.2, 0.25) is 0 Å². The van der Waals surface area contributed by atoms with Crippen molar-refractivity contribution in [2.24, 2.45) is 10.3 Å². The lowest BCUT2D eigenvalue weighted by Gasteiger charge is -2.20. The lowest BCUT2D eigenvalue weighted by Crippen LogP contribution is -2.33. The van der Waals surface area contributed by atoms with Crippen molar-refractivity contribution in [3.8, 4) is 0 Å². The van der Waals surface area contributed by atoms with E-state index in [9.17, 15) is 4.79 Å². The molecular weight excluding hydrogens is 430 g/mol. The van der Waals surface area contributed by atoms with E-state index in [1.54, 1.807) is 12.3 Å². The number of amides is 2. The molecule has 0 fully saturated rings. The molecule has 0 spiro atoms. The Morgan fingerprint density at radius 3 is 2.79 bits per heavy atom. The molecule has 10 nitrogen and oxygen atoms in total. The molecule has 2 amide bonds. The number of hydrogen-bond donors (Lipinski definition) is 5. The van der Waals surface area contributed by atoms with Crippen LogP contribution in [0, 0.1) is 12.3 Å². The van der Waals surface area contributed by atoms with E-state index < -0.39 is 6.03 Å². The predicted octanol–water partition coefficient (Wildman–Crippen LogP) is 4.76. The third kappa shape index (κ3) is 5.60. The van der Waals surface area contributed by atoms with Crippen molar-refractivity contribution in [2.75, 3.05) is 10.6 Å². The van der Waals surface area contributed by atoms with E-state index in [2.05, 4.69) is 48.3 Å². The average molecular weight is 456 g/mol. The highest BCUT2D eigenvalue weighted by Gasteiger charge is 2.19. The number of nitrogens with zero attached hydrogens (tertiary/aromatic N) is 4. The molecule has 1 unspecified atom stereocenters. The second kappa shape index (κ2) is 10.3. The van der Waals surface area contributed by atoms with E-state index in [0.29, 0.717) is 34.9 Å². The summed E-state index contributed by atoms with van der Waals surface area (Å²) in [6.45, 7) is 6.01. The topological polar surface area (TPSA) is 140 Å². The molecule has 5 N–H and O–H groups in total. The van der Waals surface area contributed by atoms with E-state index >= 15 is 0 Å². The monoisotopic (exact) mass is 455 g/mol. The molecule has 0 saturated heterocycles. The number of fused-ring (bicyclic) bond motifs is 2. The summed E-state index contributed by atoms with van der Waals surface area (Å²) in [5.41, 5.74) is 7.66. The van der Waals surface area contributed by atoms with Crippen LogP contribution in [0.2, 0.25) is 0 Å². The fourth-order valence-corrected chi connectivity index (χ4v) is 3.57. The van der Waals surface area contributed by atoms with Gasteiger partial charge >= 0.3 is 6.03 Å². The van der Waals surface area contributed by atoms with Gasteiger partial charge in [-0.05, 0) is 30.7 Å². The lowest BCUT2D eigenvalue weighted by molar-refractivity contribution is 0.248. The number of pyridine rings is 2.